The number of thiocarbonyl (C=S) groups is 1. The van der Waals surface area contributed by atoms with Gasteiger partial charge in [-0.2, -0.15) is 0 Å². The van der Waals surface area contributed by atoms with Gasteiger partial charge in [0, 0.05) is 6.42 Å². The first-order valence-corrected chi connectivity index (χ1v) is 3.87. The van der Waals surface area contributed by atoms with Crippen LogP contribution >= 0.6 is 12.2 Å². The average Bonchev–Trinajstić information content (AvgIpc) is 2.30. The molecular weight excluding hydrogens is 167 g/mol. The van der Waals surface area contributed by atoms with E-state index in [9.17, 15) is 4.39 Å². The van der Waals surface area contributed by atoms with Crippen LogP contribution in [-0.4, -0.2) is 40.5 Å². The highest BCUT2D eigenvalue weighted by Gasteiger charge is 2.31. The number of halogens is 1. The summed E-state index contributed by atoms with van der Waals surface area (Å²) >= 11 is 4.68. The maximum Gasteiger partial charge on any atom is 0.166 e. The molecule has 11 heavy (non-hydrogen) atoms. The van der Waals surface area contributed by atoms with E-state index >= 15 is 0 Å². The lowest BCUT2D eigenvalue weighted by Crippen LogP contribution is -2.41. The standard InChI is InChI=1S/C6H11FN2OS/c7-4-1-5(3-10)9(2-4)6(8)11/h4-5,10H,1-3H2,(H2,8,11)/t4-,5+/m0/s1. The highest BCUT2D eigenvalue weighted by molar-refractivity contribution is 7.80. The van der Waals surface area contributed by atoms with Crippen molar-refractivity contribution in [2.75, 3.05) is 13.2 Å². The van der Waals surface area contributed by atoms with Crippen molar-refractivity contribution >= 4 is 17.3 Å². The second-order valence-electron chi connectivity index (χ2n) is 2.66. The topological polar surface area (TPSA) is 49.5 Å². The van der Waals surface area contributed by atoms with Gasteiger partial charge in [-0.3, -0.25) is 0 Å². The Balaban J connectivity index is 2.57. The van der Waals surface area contributed by atoms with Crippen molar-refractivity contribution in [1.29, 1.82) is 0 Å². The maximum atomic E-state index is 12.7. The molecule has 1 rings (SSSR count). The Labute approximate surface area is 70.0 Å². The summed E-state index contributed by atoms with van der Waals surface area (Å²) in [7, 11) is 0. The molecule has 0 amide bonds. The van der Waals surface area contributed by atoms with Crippen LogP contribution in [0.25, 0.3) is 0 Å². The molecule has 3 nitrogen and oxygen atoms in total. The van der Waals surface area contributed by atoms with Crippen LogP contribution in [0.3, 0.4) is 0 Å². The van der Waals surface area contributed by atoms with E-state index in [1.807, 2.05) is 0 Å². The van der Waals surface area contributed by atoms with Crippen molar-refractivity contribution < 1.29 is 9.50 Å². The molecule has 1 aliphatic rings. The van der Waals surface area contributed by atoms with Crippen LogP contribution in [0.15, 0.2) is 0 Å². The van der Waals surface area contributed by atoms with Crippen LogP contribution in [-0.2, 0) is 0 Å². The summed E-state index contributed by atoms with van der Waals surface area (Å²) in [6, 6.07) is -0.220. The van der Waals surface area contributed by atoms with E-state index in [0.29, 0.717) is 6.42 Å². The molecule has 0 spiro atoms. The minimum absolute atomic E-state index is 0.0856. The number of nitrogens with zero attached hydrogens (tertiary/aromatic N) is 1. The molecule has 1 saturated heterocycles. The normalized spacial score (nSPS) is 30.9. The van der Waals surface area contributed by atoms with Crippen molar-refractivity contribution in [1.82, 2.24) is 4.90 Å². The Morgan fingerprint density at radius 3 is 2.82 bits per heavy atom. The highest BCUT2D eigenvalue weighted by Crippen LogP contribution is 2.19. The molecule has 2 atom stereocenters. The second kappa shape index (κ2) is 3.32. The number of likely N-dealkylation sites (tertiary alicyclic amines) is 1. The fraction of sp³-hybridized carbons (Fsp3) is 0.833. The lowest BCUT2D eigenvalue weighted by molar-refractivity contribution is 0.209. The summed E-state index contributed by atoms with van der Waals surface area (Å²) < 4.78 is 12.7. The Bertz CT molecular complexity index is 167. The van der Waals surface area contributed by atoms with Gasteiger partial charge < -0.3 is 15.7 Å². The summed E-state index contributed by atoms with van der Waals surface area (Å²) in [5.41, 5.74) is 5.31. The summed E-state index contributed by atoms with van der Waals surface area (Å²) in [4.78, 5) is 1.53. The number of nitrogens with two attached hydrogens (primary N) is 1. The average molecular weight is 178 g/mol. The molecule has 0 aromatic rings. The molecule has 64 valence electrons. The first kappa shape index (κ1) is 8.67. The molecule has 0 aliphatic carbocycles. The van der Waals surface area contributed by atoms with Gasteiger partial charge in [-0.15, -0.1) is 0 Å². The molecule has 0 saturated carbocycles. The molecule has 5 heteroatoms. The molecule has 0 aromatic heterocycles. The minimum atomic E-state index is -0.909. The van der Waals surface area contributed by atoms with Crippen molar-refractivity contribution in [2.24, 2.45) is 5.73 Å². The molecule has 0 aromatic carbocycles. The van der Waals surface area contributed by atoms with E-state index in [4.69, 9.17) is 10.8 Å². The number of aliphatic hydroxyl groups excluding tert-OH is 1. The van der Waals surface area contributed by atoms with Gasteiger partial charge in [-0.05, 0) is 12.2 Å². The zero-order chi connectivity index (χ0) is 8.43. The van der Waals surface area contributed by atoms with Crippen LogP contribution in [0.5, 0.6) is 0 Å². The predicted octanol–water partition coefficient (Wildman–Crippen LogP) is -0.365. The maximum absolute atomic E-state index is 12.7. The van der Waals surface area contributed by atoms with E-state index in [0.717, 1.165) is 0 Å². The Hall–Kier alpha value is -0.420. The molecule has 3 N–H and O–H groups in total. The smallest absolute Gasteiger partial charge is 0.166 e. The van der Waals surface area contributed by atoms with E-state index < -0.39 is 6.17 Å². The lowest BCUT2D eigenvalue weighted by Gasteiger charge is -2.21. The molecule has 0 radical (unpaired) electrons. The number of rotatable bonds is 1. The molecule has 1 aliphatic heterocycles. The number of alkyl halides is 1. The van der Waals surface area contributed by atoms with E-state index in [1.54, 1.807) is 0 Å². The van der Waals surface area contributed by atoms with Crippen LogP contribution in [0.4, 0.5) is 4.39 Å². The fourth-order valence-electron chi connectivity index (χ4n) is 1.30. The van der Waals surface area contributed by atoms with Gasteiger partial charge in [0.15, 0.2) is 5.11 Å². The van der Waals surface area contributed by atoms with Gasteiger partial charge in [0.05, 0.1) is 19.2 Å². The van der Waals surface area contributed by atoms with Crippen LogP contribution in [0.1, 0.15) is 6.42 Å². The number of hydrogen-bond donors (Lipinski definition) is 2. The Morgan fingerprint density at radius 1 is 1.82 bits per heavy atom. The quantitative estimate of drug-likeness (QED) is 0.538. The van der Waals surface area contributed by atoms with Crippen LogP contribution in [0.2, 0.25) is 0 Å². The summed E-state index contributed by atoms with van der Waals surface area (Å²) in [5, 5.41) is 8.95. The summed E-state index contributed by atoms with van der Waals surface area (Å²) in [6.07, 6.45) is -0.581. The van der Waals surface area contributed by atoms with Gasteiger partial charge in [0.25, 0.3) is 0 Å². The largest absolute Gasteiger partial charge is 0.394 e. The summed E-state index contributed by atoms with van der Waals surface area (Å²) in [6.45, 7) is 0.137. The Kier molecular flexibility index (Phi) is 2.62. The molecule has 0 bridgehead atoms. The fourth-order valence-corrected chi connectivity index (χ4v) is 1.53. The Morgan fingerprint density at radius 2 is 2.45 bits per heavy atom. The van der Waals surface area contributed by atoms with Gasteiger partial charge in [0.1, 0.15) is 6.17 Å². The van der Waals surface area contributed by atoms with Crippen molar-refractivity contribution in [3.8, 4) is 0 Å². The highest BCUT2D eigenvalue weighted by atomic mass is 32.1. The zero-order valence-electron chi connectivity index (χ0n) is 6.03. The molecule has 1 heterocycles. The third kappa shape index (κ3) is 1.78. The van der Waals surface area contributed by atoms with Crippen molar-refractivity contribution in [3.63, 3.8) is 0 Å². The van der Waals surface area contributed by atoms with E-state index in [-0.39, 0.29) is 24.3 Å². The first-order chi connectivity index (χ1) is 5.15. The second-order valence-corrected chi connectivity index (χ2v) is 3.08. The zero-order valence-corrected chi connectivity index (χ0v) is 6.85. The predicted molar refractivity (Wildman–Crippen MR) is 43.9 cm³/mol. The molecular formula is C6H11FN2OS. The van der Waals surface area contributed by atoms with Gasteiger partial charge >= 0.3 is 0 Å². The summed E-state index contributed by atoms with van der Waals surface area (Å²) in [5.74, 6) is 0. The van der Waals surface area contributed by atoms with Gasteiger partial charge in [-0.1, -0.05) is 0 Å². The first-order valence-electron chi connectivity index (χ1n) is 3.46. The van der Waals surface area contributed by atoms with E-state index in [2.05, 4.69) is 12.2 Å². The number of aliphatic hydroxyl groups is 1. The third-order valence-corrected chi connectivity index (χ3v) is 2.09. The SMILES string of the molecule is NC(=S)N1C[C@@H](F)C[C@@H]1CO. The van der Waals surface area contributed by atoms with Crippen molar-refractivity contribution in [2.45, 2.75) is 18.6 Å². The van der Waals surface area contributed by atoms with Crippen LogP contribution in [0, 0.1) is 0 Å². The van der Waals surface area contributed by atoms with Crippen molar-refractivity contribution in [3.05, 3.63) is 0 Å². The third-order valence-electron chi connectivity index (χ3n) is 1.86. The van der Waals surface area contributed by atoms with E-state index in [1.165, 1.54) is 4.90 Å². The van der Waals surface area contributed by atoms with Gasteiger partial charge in [-0.25, -0.2) is 4.39 Å². The van der Waals surface area contributed by atoms with Crippen LogP contribution < -0.4 is 5.73 Å². The monoisotopic (exact) mass is 178 g/mol. The lowest BCUT2D eigenvalue weighted by atomic mass is 10.2. The minimum Gasteiger partial charge on any atom is -0.394 e. The van der Waals surface area contributed by atoms with Gasteiger partial charge in [0.2, 0.25) is 0 Å². The molecule has 1 fully saturated rings. The number of hydrogen-bond acceptors (Lipinski definition) is 2. The molecule has 0 unspecified atom stereocenters.